The largest absolute Gasteiger partial charge is 0.339 e. The Morgan fingerprint density at radius 1 is 0.520 bits per heavy atom. The molecule has 8 atom stereocenters. The standard InChI is InChI=1S/C32H34FN5O2S.C31H32F2N6O2S.C29H27FN6O3S/c1-21-12-14-34-27(16-21)30(39)32-18-22-20-35-38(26-10-8-25(33)9-11-26)28(22)17-23(32)6-7-24(19-32)31(2,3)41(5,40)29-13-15-37(4)36-29;1-20(2)39(42(4,41)29-18-37(3)19-35-29)26-8-5-22-13-28-21(17-36-38(28)25-9-6-23(32)7-10-25)15-31(22,16-26)30(40)27-14-24(33)11-12-34-27;1-35-17-32-28(34-35)40(38,39)24-10-5-21-12-26-20(16-33-36(26)23-8-6-22(30)7-9-23)13-29(21,14-24)27(37)25-11-4-19(15-31-25)18-2-3-18/h8-17,20,24H,5-7,18-19H2,1-4H3;6-7,9-14,17-20,26H,4-5,8,15-16H2,1-3H3;4,6-9,11-12,15-18,24H,2-3,5,10,13-14H2,1H3/t24-,32-,41?;26-,31-,42?;24-,29-/m000/s1. The van der Waals surface area contributed by atoms with Crippen molar-refractivity contribution in [1.82, 2.24) is 82.7 Å². The van der Waals surface area contributed by atoms with Gasteiger partial charge >= 0.3 is 0 Å². The summed E-state index contributed by atoms with van der Waals surface area (Å²) in [4.78, 5) is 65.0. The number of imidazole rings is 1. The molecule has 0 spiro atoms. The lowest BCUT2D eigenvalue weighted by molar-refractivity contribution is 0.0724. The van der Waals surface area contributed by atoms with Gasteiger partial charge in [0.25, 0.3) is 5.16 Å². The fourth-order valence-corrected chi connectivity index (χ4v) is 24.8. The van der Waals surface area contributed by atoms with E-state index in [1.54, 1.807) is 136 Å². The van der Waals surface area contributed by atoms with Crippen LogP contribution in [0.4, 0.5) is 17.6 Å². The second-order valence-electron chi connectivity index (χ2n) is 34.5. The molecule has 123 heavy (non-hydrogen) atoms. The monoisotopic (exact) mass is 1720 g/mol. The van der Waals surface area contributed by atoms with Crippen molar-refractivity contribution in [3.8, 4) is 17.1 Å². The van der Waals surface area contributed by atoms with E-state index >= 15 is 0 Å². The summed E-state index contributed by atoms with van der Waals surface area (Å²) in [5.41, 5.74) is 9.99. The fraction of sp³-hybridized carbons (Fsp3) is 0.337. The smallest absolute Gasteiger partial charge is 0.267 e. The lowest BCUT2D eigenvalue weighted by Crippen LogP contribution is -2.52. The van der Waals surface area contributed by atoms with Crippen LogP contribution in [-0.4, -0.2) is 151 Å². The maximum atomic E-state index is 14.6. The van der Waals surface area contributed by atoms with Crippen LogP contribution in [0.3, 0.4) is 0 Å². The molecule has 24 nitrogen and oxygen atoms in total. The van der Waals surface area contributed by atoms with E-state index < -0.39 is 61.1 Å². The summed E-state index contributed by atoms with van der Waals surface area (Å²) in [6.45, 7) is 9.89. The van der Waals surface area contributed by atoms with E-state index in [2.05, 4.69) is 68.2 Å². The number of benzene rings is 3. The summed E-state index contributed by atoms with van der Waals surface area (Å²) in [6.07, 6.45) is 30.2. The van der Waals surface area contributed by atoms with Gasteiger partial charge in [0.1, 0.15) is 51.7 Å². The van der Waals surface area contributed by atoms with Crippen molar-refractivity contribution in [3.63, 3.8) is 0 Å². The highest BCUT2D eigenvalue weighted by Crippen LogP contribution is 2.57. The minimum atomic E-state index is -3.87. The molecule has 0 saturated heterocycles. The summed E-state index contributed by atoms with van der Waals surface area (Å²) in [5.74, 6) is 6.80. The number of Topliss-reactive ketones (excluding diaryl/α,β-unsaturated/α-hetero) is 3. The van der Waals surface area contributed by atoms with E-state index in [4.69, 9.17) is 0 Å². The van der Waals surface area contributed by atoms with Crippen LogP contribution in [0.1, 0.15) is 181 Å². The number of hydrogen-bond donors (Lipinski definition) is 0. The van der Waals surface area contributed by atoms with Gasteiger partial charge in [0.2, 0.25) is 9.84 Å². The Hall–Kier alpha value is -11.8. The molecule has 31 heteroatoms. The number of rotatable bonds is 19. The first-order valence-electron chi connectivity index (χ1n) is 41.0. The summed E-state index contributed by atoms with van der Waals surface area (Å²) in [5, 5.41) is 22.1. The number of carbonyl (C=O) groups excluding carboxylic acids is 3. The Balaban J connectivity index is 0.000000131. The van der Waals surface area contributed by atoms with E-state index in [1.807, 2.05) is 76.3 Å². The van der Waals surface area contributed by atoms with Crippen LogP contribution in [0, 0.1) is 52.4 Å². The number of ketones is 3. The van der Waals surface area contributed by atoms with Crippen LogP contribution >= 0.6 is 0 Å². The second-order valence-corrected chi connectivity index (χ2v) is 41.5. The zero-order valence-electron chi connectivity index (χ0n) is 69.4. The Kier molecular flexibility index (Phi) is 21.6. The highest BCUT2D eigenvalue weighted by atomic mass is 32.2. The molecule has 12 aromatic rings. The van der Waals surface area contributed by atoms with Gasteiger partial charge in [-0.3, -0.25) is 42.9 Å². The number of allylic oxidation sites excluding steroid dienone is 3. The van der Waals surface area contributed by atoms with Crippen LogP contribution in [0.5, 0.6) is 0 Å². The molecular formula is C92H93F4N17O7S3. The average Bonchev–Trinajstić information content (AvgIpc) is 1.72. The van der Waals surface area contributed by atoms with Gasteiger partial charge in [0.05, 0.1) is 90.3 Å². The van der Waals surface area contributed by atoms with Gasteiger partial charge in [-0.15, -0.1) is 5.10 Å². The maximum absolute atomic E-state index is 14.6. The van der Waals surface area contributed by atoms with Crippen molar-refractivity contribution in [2.45, 2.75) is 168 Å². The molecule has 4 saturated carbocycles. The van der Waals surface area contributed by atoms with E-state index in [9.17, 15) is 48.8 Å². The van der Waals surface area contributed by atoms with Gasteiger partial charge in [-0.25, -0.2) is 58.5 Å². The van der Waals surface area contributed by atoms with Crippen LogP contribution in [-0.2, 0) is 69.5 Å². The number of halogens is 4. The zero-order valence-corrected chi connectivity index (χ0v) is 71.8. The number of hydrogen-bond acceptors (Lipinski definition) is 17. The molecule has 9 aromatic heterocycles. The predicted octanol–water partition coefficient (Wildman–Crippen LogP) is 14.9. The Labute approximate surface area is 711 Å². The maximum Gasteiger partial charge on any atom is 0.267 e. The molecule has 3 aromatic carbocycles. The third kappa shape index (κ3) is 15.2. The molecule has 0 radical (unpaired) electrons. The lowest BCUT2D eigenvalue weighted by Gasteiger charge is -2.48. The van der Waals surface area contributed by atoms with Gasteiger partial charge < -0.3 is 4.57 Å². The molecule has 634 valence electrons. The number of aryl methyl sites for hydroxylation is 4. The molecule has 0 amide bonds. The number of pyridine rings is 3. The molecule has 9 heterocycles. The van der Waals surface area contributed by atoms with Gasteiger partial charge in [-0.05, 0) is 297 Å². The summed E-state index contributed by atoms with van der Waals surface area (Å²) < 4.78 is 122. The minimum absolute atomic E-state index is 0.0264. The summed E-state index contributed by atoms with van der Waals surface area (Å²) in [7, 11) is -4.42. The first-order chi connectivity index (χ1) is 58.7. The summed E-state index contributed by atoms with van der Waals surface area (Å²) >= 11 is 0. The van der Waals surface area contributed by atoms with Gasteiger partial charge in [0.15, 0.2) is 22.4 Å². The van der Waals surface area contributed by atoms with Crippen molar-refractivity contribution in [2.24, 2.45) is 43.3 Å². The third-order valence-corrected chi connectivity index (χ3v) is 33.1. The Morgan fingerprint density at radius 2 is 1.02 bits per heavy atom. The SMILES string of the molecule is C=S(=O)(c1ccn(C)n1)C(C)(C)[C@H]1CCC2=Cc3c(cnn3-c3ccc(F)cc3)C[C@]2(C(=O)c2cc(C)ccn2)C1.C=S(=O)(c1cn(C)cn1)N(C(C)C)[C@H]1CCC2=Cc3c(cnn3-c3ccc(F)cc3)C[C@]2(C(=O)c2cc(F)ccn2)C1.Cn1cnc(S(=O)(=O)[C@H]2CCC3=Cc4c(cnn4-c4ccc(F)cc4)C[C@]3(C(=O)c3ccc(C4CC4)cn3)C2)n1. The van der Waals surface area contributed by atoms with Crippen LogP contribution in [0.25, 0.3) is 35.3 Å². The van der Waals surface area contributed by atoms with Crippen molar-refractivity contribution in [3.05, 3.63) is 279 Å². The molecule has 7 aliphatic carbocycles. The Morgan fingerprint density at radius 3 is 1.49 bits per heavy atom. The zero-order chi connectivity index (χ0) is 86.6. The number of nitrogens with zero attached hydrogens (tertiary/aromatic N) is 17. The molecule has 0 bridgehead atoms. The minimum Gasteiger partial charge on any atom is -0.339 e. The fourth-order valence-electron chi connectivity index (χ4n) is 19.2. The molecule has 0 N–H and O–H groups in total. The van der Waals surface area contributed by atoms with E-state index in [0.717, 1.165) is 86.6 Å². The van der Waals surface area contributed by atoms with Crippen LogP contribution in [0.2, 0.25) is 0 Å². The van der Waals surface area contributed by atoms with Crippen molar-refractivity contribution in [2.75, 3.05) is 0 Å². The van der Waals surface area contributed by atoms with Gasteiger partial charge in [0, 0.05) is 84.5 Å². The normalized spacial score (nSPS) is 21.9. The highest BCUT2D eigenvalue weighted by molar-refractivity contribution is 8.01. The second kappa shape index (κ2) is 31.8. The predicted molar refractivity (Wildman–Crippen MR) is 461 cm³/mol. The summed E-state index contributed by atoms with van der Waals surface area (Å²) in [6, 6.07) is 29.6. The number of carbonyl (C=O) groups is 3. The molecule has 7 aliphatic rings. The lowest BCUT2D eigenvalue weighted by atomic mass is 9.57. The van der Waals surface area contributed by atoms with Gasteiger partial charge in [-0.2, -0.15) is 20.4 Å². The topological polar surface area (TPSA) is 281 Å². The first-order valence-corrected chi connectivity index (χ1v) is 46.0. The van der Waals surface area contributed by atoms with E-state index in [0.29, 0.717) is 103 Å². The van der Waals surface area contributed by atoms with Crippen LogP contribution < -0.4 is 0 Å². The average molecular weight is 1720 g/mol. The van der Waals surface area contributed by atoms with Crippen molar-refractivity contribution in [1.29, 1.82) is 0 Å². The molecule has 19 rings (SSSR count). The number of aromatic nitrogens is 16. The van der Waals surface area contributed by atoms with Crippen LogP contribution in [0.15, 0.2) is 209 Å². The van der Waals surface area contributed by atoms with E-state index in [-0.39, 0.29) is 70.1 Å². The first kappa shape index (κ1) is 83.5. The number of fused-ring (bicyclic) bond motifs is 6. The molecule has 4 fully saturated rings. The van der Waals surface area contributed by atoms with E-state index in [1.165, 1.54) is 65.7 Å². The van der Waals surface area contributed by atoms with Gasteiger partial charge in [-0.1, -0.05) is 22.8 Å². The molecule has 0 aliphatic heterocycles. The highest BCUT2D eigenvalue weighted by Gasteiger charge is 2.57. The number of sulfone groups is 1. The quantitative estimate of drug-likeness (QED) is 0.0413. The molecular weight excluding hydrogens is 1630 g/mol. The third-order valence-electron chi connectivity index (χ3n) is 25.9. The van der Waals surface area contributed by atoms with Crippen molar-refractivity contribution >= 4 is 76.4 Å². The van der Waals surface area contributed by atoms with Crippen molar-refractivity contribution < 1.29 is 48.8 Å². The molecule has 2 unspecified atom stereocenters. The Bertz CT molecular complexity index is 6640.